The molecule has 3 rings (SSSR count). The number of benzene rings is 1. The van der Waals surface area contributed by atoms with Crippen LogP contribution in [-0.2, 0) is 6.54 Å². The first-order chi connectivity index (χ1) is 11.6. The highest BCUT2D eigenvalue weighted by Crippen LogP contribution is 2.09. The summed E-state index contributed by atoms with van der Waals surface area (Å²) >= 11 is 5.80. The first-order valence-corrected chi connectivity index (χ1v) is 7.32. The van der Waals surface area contributed by atoms with Gasteiger partial charge in [0.05, 0.1) is 17.1 Å². The van der Waals surface area contributed by atoms with Crippen molar-refractivity contribution in [1.29, 1.82) is 0 Å². The summed E-state index contributed by atoms with van der Waals surface area (Å²) in [6.07, 6.45) is 1.85. The largest absolute Gasteiger partial charge is 0.346 e. The lowest BCUT2D eigenvalue weighted by molar-refractivity contribution is 0.0943. The minimum Gasteiger partial charge on any atom is -0.346 e. The van der Waals surface area contributed by atoms with Crippen molar-refractivity contribution in [3.05, 3.63) is 68.7 Å². The molecular formula is C16H11ClN4O3. The number of aromatic amines is 1. The minimum atomic E-state index is -0.613. The van der Waals surface area contributed by atoms with Gasteiger partial charge in [-0.2, -0.15) is 5.10 Å². The van der Waals surface area contributed by atoms with Gasteiger partial charge >= 0.3 is 0 Å². The fraction of sp³-hybridized carbons (Fsp3) is 0.0625. The lowest BCUT2D eigenvalue weighted by Gasteiger charge is -2.05. The first kappa shape index (κ1) is 15.8. The van der Waals surface area contributed by atoms with E-state index in [1.54, 1.807) is 24.3 Å². The van der Waals surface area contributed by atoms with Crippen LogP contribution in [-0.4, -0.2) is 27.4 Å². The van der Waals surface area contributed by atoms with Crippen LogP contribution in [0.4, 0.5) is 0 Å². The van der Waals surface area contributed by atoms with Crippen LogP contribution >= 0.6 is 11.6 Å². The van der Waals surface area contributed by atoms with Gasteiger partial charge in [0.15, 0.2) is 12.0 Å². The van der Waals surface area contributed by atoms with Crippen LogP contribution in [0.5, 0.6) is 0 Å². The smallest absolute Gasteiger partial charge is 0.276 e. The molecule has 2 heterocycles. The topological polar surface area (TPSA) is 105 Å². The summed E-state index contributed by atoms with van der Waals surface area (Å²) in [7, 11) is 0. The van der Waals surface area contributed by atoms with E-state index < -0.39 is 11.3 Å². The number of pyridine rings is 1. The molecule has 0 aliphatic heterocycles. The van der Waals surface area contributed by atoms with E-state index in [4.69, 9.17) is 11.6 Å². The van der Waals surface area contributed by atoms with Gasteiger partial charge in [-0.15, -0.1) is 0 Å². The molecule has 8 heteroatoms. The van der Waals surface area contributed by atoms with E-state index in [9.17, 15) is 14.4 Å². The Hall–Kier alpha value is -3.06. The number of rotatable bonds is 4. The lowest BCUT2D eigenvalue weighted by atomic mass is 10.2. The Balaban J connectivity index is 1.86. The molecule has 2 N–H and O–H groups in total. The maximum atomic E-state index is 12.4. The lowest BCUT2D eigenvalue weighted by Crippen LogP contribution is -2.30. The number of nitrogens with one attached hydrogen (secondary N) is 2. The molecule has 24 heavy (non-hydrogen) atoms. The molecule has 1 aromatic carbocycles. The number of halogens is 1. The molecule has 3 aromatic rings. The Morgan fingerprint density at radius 1 is 1.29 bits per heavy atom. The van der Waals surface area contributed by atoms with Gasteiger partial charge in [0.1, 0.15) is 5.69 Å². The van der Waals surface area contributed by atoms with Crippen molar-refractivity contribution in [2.24, 2.45) is 0 Å². The van der Waals surface area contributed by atoms with E-state index in [1.165, 1.54) is 12.3 Å². The van der Waals surface area contributed by atoms with Gasteiger partial charge in [0.2, 0.25) is 5.43 Å². The number of carbonyl (C=O) groups is 2. The molecule has 1 amide bonds. The molecule has 0 aliphatic carbocycles. The monoisotopic (exact) mass is 342 g/mol. The van der Waals surface area contributed by atoms with Gasteiger partial charge in [-0.25, -0.2) is 0 Å². The number of amides is 1. The molecule has 0 radical (unpaired) electrons. The molecule has 0 atom stereocenters. The minimum absolute atomic E-state index is 0.103. The Kier molecular flexibility index (Phi) is 4.35. The highest BCUT2D eigenvalue weighted by molar-refractivity contribution is 6.30. The van der Waals surface area contributed by atoms with Crippen LogP contribution < -0.4 is 10.7 Å². The van der Waals surface area contributed by atoms with Crippen LogP contribution in [0.25, 0.3) is 10.9 Å². The Morgan fingerprint density at radius 3 is 2.75 bits per heavy atom. The standard InChI is InChI=1S/C16H11ClN4O3/c17-10-3-1-9(2-4-10)6-19-16(24)14-15(23)12-5-11(8-22)18-7-13(12)20-21-14/h1-5,7-8H,6H2,(H,19,24)(H,20,23). The molecule has 0 saturated heterocycles. The van der Waals surface area contributed by atoms with Crippen LogP contribution in [0, 0.1) is 0 Å². The van der Waals surface area contributed by atoms with Crippen molar-refractivity contribution in [3.63, 3.8) is 0 Å². The van der Waals surface area contributed by atoms with Crippen molar-refractivity contribution < 1.29 is 9.59 Å². The van der Waals surface area contributed by atoms with Gasteiger partial charge in [-0.1, -0.05) is 23.7 Å². The number of hydrogen-bond donors (Lipinski definition) is 2. The third-order valence-electron chi connectivity index (χ3n) is 3.38. The van der Waals surface area contributed by atoms with Crippen molar-refractivity contribution in [3.8, 4) is 0 Å². The molecule has 2 aromatic heterocycles. The zero-order chi connectivity index (χ0) is 17.1. The van der Waals surface area contributed by atoms with Crippen molar-refractivity contribution in [2.45, 2.75) is 6.54 Å². The van der Waals surface area contributed by atoms with Crippen LogP contribution in [0.3, 0.4) is 0 Å². The molecule has 0 bridgehead atoms. The summed E-state index contributed by atoms with van der Waals surface area (Å²) in [5, 5.41) is 9.77. The van der Waals surface area contributed by atoms with Gasteiger partial charge in [-0.05, 0) is 23.8 Å². The third-order valence-corrected chi connectivity index (χ3v) is 3.63. The summed E-state index contributed by atoms with van der Waals surface area (Å²) in [6.45, 7) is 0.227. The molecule has 120 valence electrons. The number of aldehydes is 1. The van der Waals surface area contributed by atoms with E-state index in [0.29, 0.717) is 16.8 Å². The average Bonchev–Trinajstić information content (AvgIpc) is 2.61. The molecular weight excluding hydrogens is 332 g/mol. The normalized spacial score (nSPS) is 10.5. The van der Waals surface area contributed by atoms with E-state index in [2.05, 4.69) is 20.5 Å². The molecule has 0 fully saturated rings. The maximum absolute atomic E-state index is 12.4. The van der Waals surface area contributed by atoms with Crippen LogP contribution in [0.2, 0.25) is 5.02 Å². The summed E-state index contributed by atoms with van der Waals surface area (Å²) in [5.41, 5.74) is 0.436. The van der Waals surface area contributed by atoms with Crippen molar-refractivity contribution in [1.82, 2.24) is 20.5 Å². The number of aromatic nitrogens is 3. The molecule has 0 aliphatic rings. The Labute approximate surface area is 140 Å². The van der Waals surface area contributed by atoms with Gasteiger partial charge in [0.25, 0.3) is 5.91 Å². The van der Waals surface area contributed by atoms with Crippen molar-refractivity contribution >= 4 is 34.7 Å². The van der Waals surface area contributed by atoms with E-state index >= 15 is 0 Å². The molecule has 0 spiro atoms. The van der Waals surface area contributed by atoms with Gasteiger partial charge in [0, 0.05) is 11.6 Å². The molecule has 7 nitrogen and oxygen atoms in total. The summed E-state index contributed by atoms with van der Waals surface area (Å²) in [6, 6.07) is 8.26. The third kappa shape index (κ3) is 3.16. The zero-order valence-electron chi connectivity index (χ0n) is 12.2. The maximum Gasteiger partial charge on any atom is 0.276 e. The quantitative estimate of drug-likeness (QED) is 0.702. The predicted molar refractivity (Wildman–Crippen MR) is 88.2 cm³/mol. The second-order valence-corrected chi connectivity index (χ2v) is 5.42. The van der Waals surface area contributed by atoms with Crippen LogP contribution in [0.15, 0.2) is 41.3 Å². The second-order valence-electron chi connectivity index (χ2n) is 4.98. The number of nitrogens with zero attached hydrogens (tertiary/aromatic N) is 2. The van der Waals surface area contributed by atoms with E-state index in [0.717, 1.165) is 5.56 Å². The van der Waals surface area contributed by atoms with Gasteiger partial charge < -0.3 is 5.32 Å². The Bertz CT molecular complexity index is 983. The zero-order valence-corrected chi connectivity index (χ0v) is 13.0. The van der Waals surface area contributed by atoms with Crippen LogP contribution in [0.1, 0.15) is 26.5 Å². The molecule has 0 saturated carbocycles. The highest BCUT2D eigenvalue weighted by Gasteiger charge is 2.15. The Morgan fingerprint density at radius 2 is 2.04 bits per heavy atom. The number of H-pyrrole nitrogens is 1. The predicted octanol–water partition coefficient (Wildman–Crippen LogP) is 1.71. The number of hydrogen-bond acceptors (Lipinski definition) is 5. The SMILES string of the molecule is O=Cc1cc2c(=O)c(C(=O)NCc3ccc(Cl)cc3)n[nH]c2cn1. The van der Waals surface area contributed by atoms with Crippen molar-refractivity contribution in [2.75, 3.05) is 0 Å². The molecule has 0 unspecified atom stereocenters. The highest BCUT2D eigenvalue weighted by atomic mass is 35.5. The van der Waals surface area contributed by atoms with Gasteiger partial charge in [-0.3, -0.25) is 24.5 Å². The average molecular weight is 343 g/mol. The second kappa shape index (κ2) is 6.59. The summed E-state index contributed by atoms with van der Waals surface area (Å²) in [4.78, 5) is 39.2. The van der Waals surface area contributed by atoms with E-state index in [-0.39, 0.29) is 23.3 Å². The fourth-order valence-corrected chi connectivity index (χ4v) is 2.26. The first-order valence-electron chi connectivity index (χ1n) is 6.95. The number of fused-ring (bicyclic) bond motifs is 1. The fourth-order valence-electron chi connectivity index (χ4n) is 2.13. The summed E-state index contributed by atoms with van der Waals surface area (Å²) in [5.74, 6) is -0.613. The number of carbonyl (C=O) groups excluding carboxylic acids is 2. The summed E-state index contributed by atoms with van der Waals surface area (Å²) < 4.78 is 0. The van der Waals surface area contributed by atoms with E-state index in [1.807, 2.05) is 0 Å².